The number of hydrogen-bond donors (Lipinski definition) is 4. The SMILES string of the molecule is CC(C)C[C@H](NC(=O)[C@H](C)NC(=O)C1Cc2ccccc2C1)C(=O)N[C@@H](CCc1ccccc1)C(=O)NCc1ccccc1. The fourth-order valence-corrected chi connectivity index (χ4v) is 5.55. The Balaban J connectivity index is 1.38. The van der Waals surface area contributed by atoms with E-state index in [0.717, 1.165) is 22.3 Å². The van der Waals surface area contributed by atoms with Crippen LogP contribution in [0.2, 0.25) is 0 Å². The molecule has 4 rings (SSSR count). The summed E-state index contributed by atoms with van der Waals surface area (Å²) in [4.78, 5) is 53.1. The summed E-state index contributed by atoms with van der Waals surface area (Å²) in [6, 6.07) is 24.9. The van der Waals surface area contributed by atoms with Gasteiger partial charge in [-0.15, -0.1) is 0 Å². The highest BCUT2D eigenvalue weighted by molar-refractivity contribution is 5.94. The molecule has 3 atom stereocenters. The first-order valence-corrected chi connectivity index (χ1v) is 15.5. The van der Waals surface area contributed by atoms with Crippen molar-refractivity contribution in [3.8, 4) is 0 Å². The average molecular weight is 597 g/mol. The van der Waals surface area contributed by atoms with E-state index in [4.69, 9.17) is 0 Å². The van der Waals surface area contributed by atoms with Crippen molar-refractivity contribution in [3.05, 3.63) is 107 Å². The van der Waals surface area contributed by atoms with Gasteiger partial charge in [-0.05, 0) is 67.2 Å². The maximum Gasteiger partial charge on any atom is 0.243 e. The Morgan fingerprint density at radius 3 is 1.80 bits per heavy atom. The molecule has 0 unspecified atom stereocenters. The third-order valence-electron chi connectivity index (χ3n) is 8.02. The van der Waals surface area contributed by atoms with Crippen molar-refractivity contribution in [1.29, 1.82) is 0 Å². The molecule has 0 saturated heterocycles. The van der Waals surface area contributed by atoms with Crippen LogP contribution < -0.4 is 21.3 Å². The quantitative estimate of drug-likeness (QED) is 0.226. The van der Waals surface area contributed by atoms with Crippen molar-refractivity contribution in [2.75, 3.05) is 0 Å². The van der Waals surface area contributed by atoms with E-state index in [-0.39, 0.29) is 23.7 Å². The molecule has 0 saturated carbocycles. The van der Waals surface area contributed by atoms with E-state index < -0.39 is 29.9 Å². The summed E-state index contributed by atoms with van der Waals surface area (Å²) in [6.45, 7) is 5.90. The number of carbonyl (C=O) groups is 4. The van der Waals surface area contributed by atoms with Gasteiger partial charge in [-0.1, -0.05) is 98.8 Å². The number of aryl methyl sites for hydroxylation is 1. The van der Waals surface area contributed by atoms with E-state index >= 15 is 0 Å². The topological polar surface area (TPSA) is 116 Å². The summed E-state index contributed by atoms with van der Waals surface area (Å²) in [5.74, 6) is -1.45. The smallest absolute Gasteiger partial charge is 0.243 e. The third-order valence-corrected chi connectivity index (χ3v) is 8.02. The van der Waals surface area contributed by atoms with Gasteiger partial charge in [0.1, 0.15) is 18.1 Å². The van der Waals surface area contributed by atoms with E-state index in [1.807, 2.05) is 98.8 Å². The molecule has 3 aromatic carbocycles. The van der Waals surface area contributed by atoms with Gasteiger partial charge in [0.15, 0.2) is 0 Å². The molecule has 44 heavy (non-hydrogen) atoms. The number of amides is 4. The van der Waals surface area contributed by atoms with Crippen LogP contribution in [0.15, 0.2) is 84.9 Å². The minimum Gasteiger partial charge on any atom is -0.350 e. The van der Waals surface area contributed by atoms with Crippen LogP contribution >= 0.6 is 0 Å². The van der Waals surface area contributed by atoms with Gasteiger partial charge in [0, 0.05) is 12.5 Å². The summed E-state index contributed by atoms with van der Waals surface area (Å²) in [5, 5.41) is 11.5. The van der Waals surface area contributed by atoms with Gasteiger partial charge in [0.05, 0.1) is 0 Å². The van der Waals surface area contributed by atoms with E-state index in [2.05, 4.69) is 21.3 Å². The van der Waals surface area contributed by atoms with Crippen LogP contribution in [0.1, 0.15) is 55.9 Å². The van der Waals surface area contributed by atoms with Gasteiger partial charge in [0.2, 0.25) is 23.6 Å². The van der Waals surface area contributed by atoms with E-state index in [1.165, 1.54) is 0 Å². The van der Waals surface area contributed by atoms with Gasteiger partial charge in [-0.2, -0.15) is 0 Å². The van der Waals surface area contributed by atoms with Crippen LogP contribution in [-0.2, 0) is 45.0 Å². The molecule has 0 fully saturated rings. The Morgan fingerprint density at radius 2 is 1.20 bits per heavy atom. The Morgan fingerprint density at radius 1 is 0.659 bits per heavy atom. The third kappa shape index (κ3) is 9.53. The Labute approximate surface area is 260 Å². The maximum absolute atomic E-state index is 13.6. The Kier molecular flexibility index (Phi) is 11.7. The van der Waals surface area contributed by atoms with E-state index in [0.29, 0.717) is 38.6 Å². The molecule has 1 aliphatic carbocycles. The monoisotopic (exact) mass is 596 g/mol. The van der Waals surface area contributed by atoms with Gasteiger partial charge >= 0.3 is 0 Å². The summed E-state index contributed by atoms with van der Waals surface area (Å²) in [7, 11) is 0. The summed E-state index contributed by atoms with van der Waals surface area (Å²) < 4.78 is 0. The molecule has 0 aliphatic heterocycles. The van der Waals surface area contributed by atoms with Crippen molar-refractivity contribution in [3.63, 3.8) is 0 Å². The number of benzene rings is 3. The molecule has 4 amide bonds. The molecule has 1 aliphatic rings. The van der Waals surface area contributed by atoms with E-state index in [9.17, 15) is 19.2 Å². The second-order valence-electron chi connectivity index (χ2n) is 12.1. The minimum atomic E-state index is -0.862. The molecule has 0 aromatic heterocycles. The summed E-state index contributed by atoms with van der Waals surface area (Å²) in [6.07, 6.45) is 2.67. The van der Waals surface area contributed by atoms with Crippen molar-refractivity contribution in [1.82, 2.24) is 21.3 Å². The number of rotatable bonds is 14. The first-order chi connectivity index (χ1) is 21.2. The second-order valence-corrected chi connectivity index (χ2v) is 12.1. The van der Waals surface area contributed by atoms with Gasteiger partial charge < -0.3 is 21.3 Å². The van der Waals surface area contributed by atoms with Crippen LogP contribution in [0.3, 0.4) is 0 Å². The van der Waals surface area contributed by atoms with Crippen molar-refractivity contribution in [2.24, 2.45) is 11.8 Å². The standard InChI is InChI=1S/C36H44N4O4/c1-24(2)20-32(40-33(41)25(3)38-34(42)30-21-28-16-10-11-17-29(28)22-30)36(44)39-31(19-18-26-12-6-4-7-13-26)35(43)37-23-27-14-8-5-9-15-27/h4-17,24-25,30-32H,18-23H2,1-3H3,(H,37,43)(H,38,42)(H,39,44)(H,40,41)/t25-,31-,32-/m0/s1. The summed E-state index contributed by atoms with van der Waals surface area (Å²) >= 11 is 0. The molecule has 0 bridgehead atoms. The number of carbonyl (C=O) groups excluding carboxylic acids is 4. The number of hydrogen-bond acceptors (Lipinski definition) is 4. The lowest BCUT2D eigenvalue weighted by atomic mass is 10.0. The van der Waals surface area contributed by atoms with Gasteiger partial charge in [0.25, 0.3) is 0 Å². The molecule has 4 N–H and O–H groups in total. The van der Waals surface area contributed by atoms with Crippen molar-refractivity contribution < 1.29 is 19.2 Å². The van der Waals surface area contributed by atoms with Crippen LogP contribution in [0.5, 0.6) is 0 Å². The fraction of sp³-hybridized carbons (Fsp3) is 0.389. The lowest BCUT2D eigenvalue weighted by Crippen LogP contribution is -2.56. The first kappa shape index (κ1) is 32.5. The highest BCUT2D eigenvalue weighted by atomic mass is 16.2. The number of fused-ring (bicyclic) bond motifs is 1. The maximum atomic E-state index is 13.6. The number of nitrogens with one attached hydrogen (secondary N) is 4. The zero-order chi connectivity index (χ0) is 31.5. The van der Waals surface area contributed by atoms with Crippen LogP contribution in [0.25, 0.3) is 0 Å². The molecule has 0 heterocycles. The first-order valence-electron chi connectivity index (χ1n) is 15.5. The van der Waals surface area contributed by atoms with Crippen molar-refractivity contribution in [2.45, 2.75) is 77.5 Å². The normalized spacial score (nSPS) is 14.6. The highest BCUT2D eigenvalue weighted by Crippen LogP contribution is 2.26. The Bertz CT molecular complexity index is 1380. The summed E-state index contributed by atoms with van der Waals surface area (Å²) in [5.41, 5.74) is 4.34. The minimum absolute atomic E-state index is 0.0996. The van der Waals surface area contributed by atoms with Gasteiger partial charge in [-0.3, -0.25) is 19.2 Å². The Hall–Kier alpha value is -4.46. The van der Waals surface area contributed by atoms with Crippen LogP contribution in [-0.4, -0.2) is 41.8 Å². The predicted molar refractivity (Wildman–Crippen MR) is 171 cm³/mol. The van der Waals surface area contributed by atoms with Crippen molar-refractivity contribution >= 4 is 23.6 Å². The lowest BCUT2D eigenvalue weighted by Gasteiger charge is -2.26. The molecule has 0 spiro atoms. The van der Waals surface area contributed by atoms with Crippen LogP contribution in [0, 0.1) is 11.8 Å². The fourth-order valence-electron chi connectivity index (χ4n) is 5.55. The molecule has 0 radical (unpaired) electrons. The zero-order valence-electron chi connectivity index (χ0n) is 25.8. The zero-order valence-corrected chi connectivity index (χ0v) is 25.8. The van der Waals surface area contributed by atoms with E-state index in [1.54, 1.807) is 6.92 Å². The van der Waals surface area contributed by atoms with Gasteiger partial charge in [-0.25, -0.2) is 0 Å². The highest BCUT2D eigenvalue weighted by Gasteiger charge is 2.31. The molecule has 8 heteroatoms. The molecule has 3 aromatic rings. The lowest BCUT2D eigenvalue weighted by molar-refractivity contribution is -0.134. The molecule has 8 nitrogen and oxygen atoms in total. The second kappa shape index (κ2) is 15.8. The predicted octanol–water partition coefficient (Wildman–Crippen LogP) is 3.87. The largest absolute Gasteiger partial charge is 0.350 e. The molecular formula is C36H44N4O4. The van der Waals surface area contributed by atoms with Crippen LogP contribution in [0.4, 0.5) is 0 Å². The average Bonchev–Trinajstić information content (AvgIpc) is 3.47. The molecular weight excluding hydrogens is 552 g/mol. The molecule has 232 valence electrons.